The van der Waals surface area contributed by atoms with E-state index in [9.17, 15) is 5.11 Å². The van der Waals surface area contributed by atoms with Crippen LogP contribution >= 0.6 is 0 Å². The van der Waals surface area contributed by atoms with E-state index in [1.807, 2.05) is 25.1 Å². The first-order valence-electron chi connectivity index (χ1n) is 6.17. The van der Waals surface area contributed by atoms with Crippen molar-refractivity contribution in [2.45, 2.75) is 13.0 Å². The van der Waals surface area contributed by atoms with Gasteiger partial charge >= 0.3 is 0 Å². The first kappa shape index (κ1) is 12.5. The second kappa shape index (κ2) is 5.22. The van der Waals surface area contributed by atoms with Crippen molar-refractivity contribution in [3.63, 3.8) is 0 Å². The molecule has 0 saturated heterocycles. The lowest BCUT2D eigenvalue weighted by Gasteiger charge is -2.12. The van der Waals surface area contributed by atoms with Crippen LogP contribution in [0.3, 0.4) is 0 Å². The predicted molar refractivity (Wildman–Crippen MR) is 70.5 cm³/mol. The van der Waals surface area contributed by atoms with E-state index in [1.54, 1.807) is 17.1 Å². The van der Waals surface area contributed by atoms with Crippen molar-refractivity contribution in [3.05, 3.63) is 37.0 Å². The smallest absolute Gasteiger partial charge is 0.245 e. The third-order valence-corrected chi connectivity index (χ3v) is 2.94. The lowest BCUT2D eigenvalue weighted by Crippen LogP contribution is -2.10. The lowest BCUT2D eigenvalue weighted by atomic mass is 10.2. The Bertz CT molecular complexity index is 692. The number of aromatic nitrogens is 5. The summed E-state index contributed by atoms with van der Waals surface area (Å²) in [5.74, 6) is 1.05. The summed E-state index contributed by atoms with van der Waals surface area (Å²) in [6.07, 6.45) is 4.65. The third-order valence-electron chi connectivity index (χ3n) is 2.94. The second-order valence-electron chi connectivity index (χ2n) is 4.34. The fourth-order valence-electron chi connectivity index (χ4n) is 1.86. The van der Waals surface area contributed by atoms with E-state index >= 15 is 0 Å². The van der Waals surface area contributed by atoms with Gasteiger partial charge in [-0.15, -0.1) is 10.2 Å². The quantitative estimate of drug-likeness (QED) is 0.774. The number of rotatable bonds is 4. The van der Waals surface area contributed by atoms with Crippen LogP contribution < -0.4 is 0 Å². The van der Waals surface area contributed by atoms with Crippen LogP contribution in [0.1, 0.15) is 13.0 Å². The van der Waals surface area contributed by atoms with Crippen LogP contribution in [0.25, 0.3) is 23.1 Å². The Morgan fingerprint density at radius 3 is 2.95 bits per heavy atom. The molecule has 3 aromatic rings. The van der Waals surface area contributed by atoms with Crippen molar-refractivity contribution < 1.29 is 9.52 Å². The Morgan fingerprint density at radius 1 is 1.35 bits per heavy atom. The maximum absolute atomic E-state index is 9.26. The number of oxazole rings is 1. The molecule has 3 heterocycles. The SMILES string of the molecule is CC(CO)n1cnnc1-c1cccc(-c2ncco2)n1. The summed E-state index contributed by atoms with van der Waals surface area (Å²) in [5.41, 5.74) is 1.28. The minimum atomic E-state index is -0.118. The van der Waals surface area contributed by atoms with Gasteiger partial charge in [-0.05, 0) is 19.1 Å². The van der Waals surface area contributed by atoms with Gasteiger partial charge in [0.25, 0.3) is 0 Å². The van der Waals surface area contributed by atoms with Crippen LogP contribution in [-0.2, 0) is 0 Å². The molecule has 0 fully saturated rings. The van der Waals surface area contributed by atoms with Gasteiger partial charge in [0.15, 0.2) is 5.82 Å². The normalized spacial score (nSPS) is 12.5. The molecule has 0 spiro atoms. The van der Waals surface area contributed by atoms with Crippen molar-refractivity contribution in [2.75, 3.05) is 6.61 Å². The van der Waals surface area contributed by atoms with Crippen molar-refractivity contribution in [3.8, 4) is 23.1 Å². The zero-order valence-corrected chi connectivity index (χ0v) is 10.8. The molecule has 3 rings (SSSR count). The average molecular weight is 271 g/mol. The fraction of sp³-hybridized carbons (Fsp3) is 0.231. The largest absolute Gasteiger partial charge is 0.443 e. The Morgan fingerprint density at radius 2 is 2.20 bits per heavy atom. The topological polar surface area (TPSA) is 89.9 Å². The van der Waals surface area contributed by atoms with Crippen molar-refractivity contribution in [2.24, 2.45) is 0 Å². The summed E-state index contributed by atoms with van der Waals surface area (Å²) >= 11 is 0. The minimum Gasteiger partial charge on any atom is -0.443 e. The highest BCUT2D eigenvalue weighted by atomic mass is 16.3. The minimum absolute atomic E-state index is 0.00443. The molecule has 3 aromatic heterocycles. The lowest BCUT2D eigenvalue weighted by molar-refractivity contribution is 0.239. The molecule has 0 amide bonds. The summed E-state index contributed by atoms with van der Waals surface area (Å²) in [5, 5.41) is 17.2. The molecule has 1 N–H and O–H groups in total. The monoisotopic (exact) mass is 271 g/mol. The molecular weight excluding hydrogens is 258 g/mol. The predicted octanol–water partition coefficient (Wildman–Crippen LogP) is 1.55. The molecule has 7 heteroatoms. The average Bonchev–Trinajstić information content (AvgIpc) is 3.17. The van der Waals surface area contributed by atoms with Gasteiger partial charge in [-0.3, -0.25) is 0 Å². The van der Waals surface area contributed by atoms with E-state index in [1.165, 1.54) is 6.26 Å². The first-order chi connectivity index (χ1) is 9.79. The standard InChI is InChI=1S/C13H13N5O2/c1-9(7-19)18-8-15-17-12(18)10-3-2-4-11(16-10)13-14-5-6-20-13/h2-6,8-9,19H,7H2,1H3. The van der Waals surface area contributed by atoms with E-state index in [4.69, 9.17) is 4.42 Å². The molecule has 0 aromatic carbocycles. The molecule has 0 saturated carbocycles. The summed E-state index contributed by atoms with van der Waals surface area (Å²) in [7, 11) is 0. The number of pyridine rings is 1. The van der Waals surface area contributed by atoms with E-state index in [-0.39, 0.29) is 12.6 Å². The van der Waals surface area contributed by atoms with Gasteiger partial charge in [-0.2, -0.15) is 0 Å². The highest BCUT2D eigenvalue weighted by Gasteiger charge is 2.14. The van der Waals surface area contributed by atoms with Crippen LogP contribution in [-0.4, -0.2) is 36.4 Å². The third kappa shape index (κ3) is 2.19. The first-order valence-corrected chi connectivity index (χ1v) is 6.17. The number of aliphatic hydroxyl groups is 1. The summed E-state index contributed by atoms with van der Waals surface area (Å²) in [4.78, 5) is 8.54. The summed E-state index contributed by atoms with van der Waals surface area (Å²) in [6, 6.07) is 5.37. The van der Waals surface area contributed by atoms with Gasteiger partial charge in [0.1, 0.15) is 24.0 Å². The highest BCUT2D eigenvalue weighted by Crippen LogP contribution is 2.21. The molecule has 0 radical (unpaired) electrons. The second-order valence-corrected chi connectivity index (χ2v) is 4.34. The van der Waals surface area contributed by atoms with Crippen molar-refractivity contribution in [1.29, 1.82) is 0 Å². The van der Waals surface area contributed by atoms with Gasteiger partial charge in [0, 0.05) is 0 Å². The van der Waals surface area contributed by atoms with Gasteiger partial charge in [-0.1, -0.05) is 6.07 Å². The molecule has 0 bridgehead atoms. The Kier molecular flexibility index (Phi) is 3.26. The van der Waals surface area contributed by atoms with E-state index < -0.39 is 0 Å². The number of nitrogens with zero attached hydrogens (tertiary/aromatic N) is 5. The highest BCUT2D eigenvalue weighted by molar-refractivity contribution is 5.56. The van der Waals surface area contributed by atoms with Crippen LogP contribution in [0.2, 0.25) is 0 Å². The van der Waals surface area contributed by atoms with Gasteiger partial charge in [0.2, 0.25) is 5.89 Å². The molecule has 0 aliphatic heterocycles. The molecular formula is C13H13N5O2. The van der Waals surface area contributed by atoms with E-state index in [0.29, 0.717) is 23.1 Å². The van der Waals surface area contributed by atoms with Crippen LogP contribution in [0.4, 0.5) is 0 Å². The Hall–Kier alpha value is -2.54. The number of hydrogen-bond acceptors (Lipinski definition) is 6. The number of aliphatic hydroxyl groups excluding tert-OH is 1. The molecule has 7 nitrogen and oxygen atoms in total. The van der Waals surface area contributed by atoms with E-state index in [0.717, 1.165) is 0 Å². The van der Waals surface area contributed by atoms with Crippen LogP contribution in [0.15, 0.2) is 41.4 Å². The maximum atomic E-state index is 9.26. The Balaban J connectivity index is 2.03. The molecule has 0 aliphatic carbocycles. The van der Waals surface area contributed by atoms with Crippen molar-refractivity contribution >= 4 is 0 Å². The summed E-state index contributed by atoms with van der Waals surface area (Å²) in [6.45, 7) is 1.88. The summed E-state index contributed by atoms with van der Waals surface area (Å²) < 4.78 is 7.01. The zero-order valence-electron chi connectivity index (χ0n) is 10.8. The molecule has 1 unspecified atom stereocenters. The van der Waals surface area contributed by atoms with Gasteiger partial charge in [-0.25, -0.2) is 9.97 Å². The number of hydrogen-bond donors (Lipinski definition) is 1. The molecule has 0 aliphatic rings. The fourth-order valence-corrected chi connectivity index (χ4v) is 1.86. The van der Waals surface area contributed by atoms with E-state index in [2.05, 4.69) is 20.2 Å². The zero-order chi connectivity index (χ0) is 13.9. The van der Waals surface area contributed by atoms with Gasteiger partial charge < -0.3 is 14.1 Å². The maximum Gasteiger partial charge on any atom is 0.245 e. The van der Waals surface area contributed by atoms with Crippen molar-refractivity contribution in [1.82, 2.24) is 24.7 Å². The molecule has 20 heavy (non-hydrogen) atoms. The van der Waals surface area contributed by atoms with Gasteiger partial charge in [0.05, 0.1) is 18.8 Å². The van der Waals surface area contributed by atoms with Crippen LogP contribution in [0.5, 0.6) is 0 Å². The Labute approximate surface area is 114 Å². The van der Waals surface area contributed by atoms with Crippen LogP contribution in [0, 0.1) is 0 Å². The molecule has 102 valence electrons. The molecule has 1 atom stereocenters.